The van der Waals surface area contributed by atoms with Crippen LogP contribution in [-0.4, -0.2) is 37.3 Å². The highest BCUT2D eigenvalue weighted by molar-refractivity contribution is 6.00. The Balaban J connectivity index is 1.78. The molecule has 5 aromatic rings. The maximum absolute atomic E-state index is 13.4. The fraction of sp³-hybridized carbons (Fsp3) is 0.207. The Morgan fingerprint density at radius 3 is 2.30 bits per heavy atom. The second-order valence-corrected chi connectivity index (χ2v) is 9.88. The number of carboxylic acids is 1. The molecule has 0 amide bonds. The Labute approximate surface area is 226 Å². The topological polar surface area (TPSA) is 111 Å². The van der Waals surface area contributed by atoms with E-state index in [1.165, 1.54) is 12.1 Å². The third-order valence-corrected chi connectivity index (χ3v) is 6.56. The quantitative estimate of drug-likeness (QED) is 0.239. The number of halogens is 3. The highest BCUT2D eigenvalue weighted by atomic mass is 19.4. The van der Waals surface area contributed by atoms with E-state index in [0.717, 1.165) is 6.07 Å². The molecule has 0 aliphatic carbocycles. The van der Waals surface area contributed by atoms with Gasteiger partial charge in [-0.3, -0.25) is 0 Å². The molecule has 0 radical (unpaired) electrons. The molecular weight excluding hydrogens is 527 g/mol. The molecule has 3 heterocycles. The predicted molar refractivity (Wildman–Crippen MR) is 140 cm³/mol. The molecule has 0 atom stereocenters. The lowest BCUT2D eigenvalue weighted by Gasteiger charge is -2.18. The van der Waals surface area contributed by atoms with Crippen molar-refractivity contribution in [2.24, 2.45) is 0 Å². The second kappa shape index (κ2) is 9.53. The largest absolute Gasteiger partial charge is 0.573 e. The SMILES string of the molecule is Cc1noc(C)c1-c1cnc2c(c1)c(-c1ccc(C(=O)O)cc1OC(F)(F)F)cn2-c1ccc(C(C)(C)O)cc1. The molecule has 0 bridgehead atoms. The number of carboxylic acid groups (broad SMARTS) is 1. The molecule has 40 heavy (non-hydrogen) atoms. The highest BCUT2D eigenvalue weighted by Gasteiger charge is 2.33. The molecule has 0 unspecified atom stereocenters. The number of hydrogen-bond donors (Lipinski definition) is 2. The number of ether oxygens (including phenoxy) is 1. The molecule has 2 N–H and O–H groups in total. The molecule has 0 saturated carbocycles. The highest BCUT2D eigenvalue weighted by Crippen LogP contribution is 2.41. The van der Waals surface area contributed by atoms with E-state index in [9.17, 15) is 28.2 Å². The van der Waals surface area contributed by atoms with Crippen molar-refractivity contribution in [2.45, 2.75) is 39.7 Å². The van der Waals surface area contributed by atoms with Gasteiger partial charge < -0.3 is 24.0 Å². The zero-order chi connectivity index (χ0) is 29.0. The fourth-order valence-electron chi connectivity index (χ4n) is 4.67. The van der Waals surface area contributed by atoms with E-state index in [-0.39, 0.29) is 11.1 Å². The van der Waals surface area contributed by atoms with Crippen molar-refractivity contribution < 1.29 is 37.4 Å². The van der Waals surface area contributed by atoms with Crippen molar-refractivity contribution in [1.29, 1.82) is 0 Å². The lowest BCUT2D eigenvalue weighted by atomic mass is 9.98. The van der Waals surface area contributed by atoms with Crippen molar-refractivity contribution >= 4 is 17.0 Å². The van der Waals surface area contributed by atoms with Gasteiger partial charge in [0.15, 0.2) is 0 Å². The first-order valence-electron chi connectivity index (χ1n) is 12.1. The van der Waals surface area contributed by atoms with Crippen LogP contribution in [0.4, 0.5) is 13.2 Å². The molecule has 206 valence electrons. The lowest BCUT2D eigenvalue weighted by Crippen LogP contribution is -2.18. The lowest BCUT2D eigenvalue weighted by molar-refractivity contribution is -0.274. The monoisotopic (exact) mass is 551 g/mol. The van der Waals surface area contributed by atoms with Crippen LogP contribution in [0.1, 0.15) is 41.2 Å². The van der Waals surface area contributed by atoms with Gasteiger partial charge in [-0.2, -0.15) is 0 Å². The summed E-state index contributed by atoms with van der Waals surface area (Å²) in [6, 6.07) is 12.1. The number of alkyl halides is 3. The molecule has 5 rings (SSSR count). The normalized spacial score (nSPS) is 12.2. The smallest absolute Gasteiger partial charge is 0.478 e. The summed E-state index contributed by atoms with van der Waals surface area (Å²) in [7, 11) is 0. The summed E-state index contributed by atoms with van der Waals surface area (Å²) in [4.78, 5) is 16.2. The van der Waals surface area contributed by atoms with Crippen molar-refractivity contribution in [2.75, 3.05) is 0 Å². The van der Waals surface area contributed by atoms with Gasteiger partial charge in [-0.15, -0.1) is 13.2 Å². The third-order valence-electron chi connectivity index (χ3n) is 6.56. The van der Waals surface area contributed by atoms with Crippen LogP contribution in [0, 0.1) is 13.8 Å². The van der Waals surface area contributed by atoms with Crippen LogP contribution in [0.5, 0.6) is 5.75 Å². The number of rotatable bonds is 6. The fourth-order valence-corrected chi connectivity index (χ4v) is 4.67. The molecular formula is C29H24F3N3O5. The minimum absolute atomic E-state index is 0.0249. The maximum Gasteiger partial charge on any atom is 0.573 e. The average Bonchev–Trinajstić information content (AvgIpc) is 3.41. The number of benzene rings is 2. The molecule has 11 heteroatoms. The molecule has 8 nitrogen and oxygen atoms in total. The Bertz CT molecular complexity index is 1730. The summed E-state index contributed by atoms with van der Waals surface area (Å²) in [6.07, 6.45) is -1.81. The van der Waals surface area contributed by atoms with Crippen LogP contribution in [0.3, 0.4) is 0 Å². The maximum atomic E-state index is 13.4. The van der Waals surface area contributed by atoms with Crippen LogP contribution in [0.2, 0.25) is 0 Å². The first-order chi connectivity index (χ1) is 18.7. The average molecular weight is 552 g/mol. The van der Waals surface area contributed by atoms with Gasteiger partial charge in [0.25, 0.3) is 0 Å². The van der Waals surface area contributed by atoms with Gasteiger partial charge in [0.05, 0.1) is 16.9 Å². The Morgan fingerprint density at radius 1 is 1.02 bits per heavy atom. The van der Waals surface area contributed by atoms with E-state index >= 15 is 0 Å². The van der Waals surface area contributed by atoms with Crippen molar-refractivity contribution in [3.8, 4) is 33.7 Å². The van der Waals surface area contributed by atoms with E-state index in [4.69, 9.17) is 4.52 Å². The number of carbonyl (C=O) groups is 1. The number of aliphatic hydroxyl groups is 1. The third kappa shape index (κ3) is 5.03. The van der Waals surface area contributed by atoms with E-state index in [0.29, 0.717) is 50.4 Å². The number of aryl methyl sites for hydroxylation is 2. The van der Waals surface area contributed by atoms with Gasteiger partial charge in [0, 0.05) is 45.7 Å². The minimum atomic E-state index is -5.06. The summed E-state index contributed by atoms with van der Waals surface area (Å²) in [5.41, 5.74) is 2.64. The van der Waals surface area contributed by atoms with Crippen LogP contribution >= 0.6 is 0 Å². The zero-order valence-electron chi connectivity index (χ0n) is 21.9. The van der Waals surface area contributed by atoms with Crippen LogP contribution in [-0.2, 0) is 5.60 Å². The first kappa shape index (κ1) is 26.9. The molecule has 0 aliphatic rings. The number of fused-ring (bicyclic) bond motifs is 1. The summed E-state index contributed by atoms with van der Waals surface area (Å²) in [6.45, 7) is 6.83. The molecule has 0 saturated heterocycles. The number of pyridine rings is 1. The van der Waals surface area contributed by atoms with Gasteiger partial charge in [-0.05, 0) is 69.7 Å². The standard InChI is InChI=1S/C29H24F3N3O5/c1-15-25(16(2)40-34-15)18-11-22-23(21-10-5-17(27(36)37)12-24(21)39-29(30,31)32)14-35(26(22)33-13-18)20-8-6-19(7-9-20)28(3,4)38/h5-14,38H,1-4H3,(H,36,37). The van der Waals surface area contributed by atoms with Gasteiger partial charge in [-0.1, -0.05) is 17.3 Å². The Hall–Kier alpha value is -4.64. The predicted octanol–water partition coefficient (Wildman–Crippen LogP) is 6.79. The van der Waals surface area contributed by atoms with Crippen molar-refractivity contribution in [1.82, 2.24) is 14.7 Å². The van der Waals surface area contributed by atoms with Crippen molar-refractivity contribution in [3.63, 3.8) is 0 Å². The van der Waals surface area contributed by atoms with E-state index in [1.54, 1.807) is 75.0 Å². The Kier molecular flexibility index (Phi) is 6.42. The van der Waals surface area contributed by atoms with Crippen molar-refractivity contribution in [3.05, 3.63) is 83.5 Å². The summed E-state index contributed by atoms with van der Waals surface area (Å²) in [5, 5.41) is 24.2. The summed E-state index contributed by atoms with van der Waals surface area (Å²) in [5.74, 6) is -1.50. The first-order valence-corrected chi connectivity index (χ1v) is 12.1. The molecule has 0 fully saturated rings. The number of hydrogen-bond acceptors (Lipinski definition) is 6. The van der Waals surface area contributed by atoms with E-state index in [2.05, 4.69) is 14.9 Å². The Morgan fingerprint density at radius 2 is 1.73 bits per heavy atom. The number of aromatic carboxylic acids is 1. The molecule has 0 spiro atoms. The number of aromatic nitrogens is 3. The van der Waals surface area contributed by atoms with E-state index in [1.807, 2.05) is 0 Å². The molecule has 2 aromatic carbocycles. The zero-order valence-corrected chi connectivity index (χ0v) is 21.9. The molecule has 3 aromatic heterocycles. The van der Waals surface area contributed by atoms with Crippen LogP contribution < -0.4 is 4.74 Å². The number of nitrogens with zero attached hydrogens (tertiary/aromatic N) is 3. The van der Waals surface area contributed by atoms with Crippen LogP contribution in [0.15, 0.2) is 65.4 Å². The molecule has 0 aliphatic heterocycles. The van der Waals surface area contributed by atoms with Gasteiger partial charge in [0.1, 0.15) is 17.2 Å². The van der Waals surface area contributed by atoms with Crippen LogP contribution in [0.25, 0.3) is 39.0 Å². The van der Waals surface area contributed by atoms with Gasteiger partial charge in [0.2, 0.25) is 0 Å². The summed E-state index contributed by atoms with van der Waals surface area (Å²) >= 11 is 0. The second-order valence-electron chi connectivity index (χ2n) is 9.88. The van der Waals surface area contributed by atoms with Gasteiger partial charge in [-0.25, -0.2) is 9.78 Å². The van der Waals surface area contributed by atoms with Gasteiger partial charge >= 0.3 is 12.3 Å². The summed E-state index contributed by atoms with van der Waals surface area (Å²) < 4.78 is 51.5. The minimum Gasteiger partial charge on any atom is -0.478 e. The van der Waals surface area contributed by atoms with E-state index < -0.39 is 23.7 Å².